The fraction of sp³-hybridized carbons (Fsp3) is 0.278. The summed E-state index contributed by atoms with van der Waals surface area (Å²) in [5, 5.41) is 4.93. The van der Waals surface area contributed by atoms with E-state index in [4.69, 9.17) is 4.42 Å². The van der Waals surface area contributed by atoms with Gasteiger partial charge in [0.25, 0.3) is 5.91 Å². The van der Waals surface area contributed by atoms with Crippen LogP contribution < -0.4 is 10.6 Å². The highest BCUT2D eigenvalue weighted by Crippen LogP contribution is 2.31. The molecule has 7 nitrogen and oxygen atoms in total. The third-order valence-corrected chi connectivity index (χ3v) is 4.39. The highest BCUT2D eigenvalue weighted by atomic mass is 19.1. The number of rotatable bonds is 5. The largest absolute Gasteiger partial charge is 0.467 e. The lowest BCUT2D eigenvalue weighted by Gasteiger charge is -2.23. The van der Waals surface area contributed by atoms with Gasteiger partial charge in [0.15, 0.2) is 0 Å². The van der Waals surface area contributed by atoms with Crippen LogP contribution in [0.1, 0.15) is 31.2 Å². The zero-order chi connectivity index (χ0) is 19.8. The van der Waals surface area contributed by atoms with Crippen LogP contribution in [0.4, 0.5) is 13.6 Å². The number of carbonyl (C=O) groups is 3. The number of hydrogen-bond acceptors (Lipinski definition) is 4. The molecule has 0 radical (unpaired) electrons. The van der Waals surface area contributed by atoms with Crippen molar-refractivity contribution in [1.82, 2.24) is 15.5 Å². The summed E-state index contributed by atoms with van der Waals surface area (Å²) in [6.07, 6.45) is 1.45. The molecular formula is C18H17F2N3O4. The maximum atomic E-state index is 14.1. The fourth-order valence-electron chi connectivity index (χ4n) is 2.94. The third kappa shape index (κ3) is 3.40. The van der Waals surface area contributed by atoms with Gasteiger partial charge in [0.1, 0.15) is 29.5 Å². The molecule has 1 aliphatic rings. The monoisotopic (exact) mass is 377 g/mol. The molecule has 0 unspecified atom stereocenters. The summed E-state index contributed by atoms with van der Waals surface area (Å²) in [5.74, 6) is -2.54. The predicted octanol–water partition coefficient (Wildman–Crippen LogP) is 2.20. The second-order valence-electron chi connectivity index (χ2n) is 6.38. The first-order chi connectivity index (χ1) is 12.7. The van der Waals surface area contributed by atoms with E-state index in [1.165, 1.54) is 13.2 Å². The van der Waals surface area contributed by atoms with E-state index in [2.05, 4.69) is 10.6 Å². The number of halogens is 2. The SMILES string of the molecule is C[C@@H](NC(=O)CN1C(=O)N[C@@](C)(c2cc(F)ccc2F)C1=O)c1ccco1. The van der Waals surface area contributed by atoms with Crippen molar-refractivity contribution in [2.45, 2.75) is 25.4 Å². The summed E-state index contributed by atoms with van der Waals surface area (Å²) in [4.78, 5) is 37.8. The standard InChI is InChI=1S/C18H17F2N3O4/c1-10(14-4-3-7-27-14)21-15(24)9-23-16(25)18(2,22-17(23)26)12-8-11(19)5-6-13(12)20/h3-8,10H,9H2,1-2H3,(H,21,24)(H,22,26)/t10-,18+/m1/s1. The number of nitrogens with one attached hydrogen (secondary N) is 2. The molecule has 1 aromatic heterocycles. The Kier molecular flexibility index (Phi) is 4.69. The van der Waals surface area contributed by atoms with E-state index < -0.39 is 47.6 Å². The van der Waals surface area contributed by atoms with E-state index in [-0.39, 0.29) is 5.56 Å². The zero-order valence-electron chi connectivity index (χ0n) is 14.6. The zero-order valence-corrected chi connectivity index (χ0v) is 14.6. The molecule has 2 atom stereocenters. The minimum atomic E-state index is -1.81. The number of nitrogens with zero attached hydrogens (tertiary/aromatic N) is 1. The molecule has 1 fully saturated rings. The molecule has 0 aliphatic carbocycles. The Bertz CT molecular complexity index is 900. The number of hydrogen-bond donors (Lipinski definition) is 2. The lowest BCUT2D eigenvalue weighted by molar-refractivity contribution is -0.135. The van der Waals surface area contributed by atoms with E-state index in [0.29, 0.717) is 10.7 Å². The van der Waals surface area contributed by atoms with Crippen LogP contribution in [0.2, 0.25) is 0 Å². The summed E-state index contributed by atoms with van der Waals surface area (Å²) in [6, 6.07) is 4.61. The first kappa shape index (κ1) is 18.6. The van der Waals surface area contributed by atoms with Crippen LogP contribution in [0.15, 0.2) is 41.0 Å². The van der Waals surface area contributed by atoms with Crippen molar-refractivity contribution in [2.24, 2.45) is 0 Å². The Labute approximate surface area is 153 Å². The van der Waals surface area contributed by atoms with Gasteiger partial charge in [0.2, 0.25) is 5.91 Å². The molecule has 4 amide bonds. The Morgan fingerprint density at radius 2 is 2.07 bits per heavy atom. The lowest BCUT2D eigenvalue weighted by atomic mass is 9.91. The van der Waals surface area contributed by atoms with Crippen molar-refractivity contribution in [3.63, 3.8) is 0 Å². The molecule has 2 aromatic rings. The van der Waals surface area contributed by atoms with E-state index in [1.54, 1.807) is 19.1 Å². The Hall–Kier alpha value is -3.23. The molecular weight excluding hydrogens is 360 g/mol. The second kappa shape index (κ2) is 6.82. The number of imide groups is 1. The normalized spacial score (nSPS) is 20.5. The number of furan rings is 1. The lowest BCUT2D eigenvalue weighted by Crippen LogP contribution is -2.44. The van der Waals surface area contributed by atoms with Crippen molar-refractivity contribution in [3.8, 4) is 0 Å². The average molecular weight is 377 g/mol. The molecule has 27 heavy (non-hydrogen) atoms. The minimum absolute atomic E-state index is 0.312. The minimum Gasteiger partial charge on any atom is -0.467 e. The Morgan fingerprint density at radius 1 is 1.33 bits per heavy atom. The number of carbonyl (C=O) groups excluding carboxylic acids is 3. The van der Waals surface area contributed by atoms with Gasteiger partial charge in [-0.3, -0.25) is 14.5 Å². The predicted molar refractivity (Wildman–Crippen MR) is 89.2 cm³/mol. The molecule has 2 N–H and O–H groups in total. The van der Waals surface area contributed by atoms with Gasteiger partial charge in [-0.1, -0.05) is 0 Å². The van der Waals surface area contributed by atoms with Crippen LogP contribution in [-0.2, 0) is 15.1 Å². The fourth-order valence-corrected chi connectivity index (χ4v) is 2.94. The summed E-state index contributed by atoms with van der Waals surface area (Å²) in [5.41, 5.74) is -2.12. The van der Waals surface area contributed by atoms with Crippen LogP contribution in [0.25, 0.3) is 0 Å². The third-order valence-electron chi connectivity index (χ3n) is 4.39. The molecule has 1 saturated heterocycles. The molecule has 3 rings (SSSR count). The van der Waals surface area contributed by atoms with Crippen molar-refractivity contribution in [2.75, 3.05) is 6.54 Å². The summed E-state index contributed by atoms with van der Waals surface area (Å²) in [6.45, 7) is 2.37. The van der Waals surface area contributed by atoms with Gasteiger partial charge >= 0.3 is 6.03 Å². The Morgan fingerprint density at radius 3 is 2.74 bits per heavy atom. The maximum absolute atomic E-state index is 14.1. The summed E-state index contributed by atoms with van der Waals surface area (Å²) < 4.78 is 32.8. The van der Waals surface area contributed by atoms with Crippen LogP contribution in [0.5, 0.6) is 0 Å². The van der Waals surface area contributed by atoms with Gasteiger partial charge in [0, 0.05) is 5.56 Å². The quantitative estimate of drug-likeness (QED) is 0.782. The topological polar surface area (TPSA) is 91.7 Å². The maximum Gasteiger partial charge on any atom is 0.325 e. The summed E-state index contributed by atoms with van der Waals surface area (Å²) >= 11 is 0. The molecule has 1 aliphatic heterocycles. The van der Waals surface area contributed by atoms with Crippen molar-refractivity contribution in [1.29, 1.82) is 0 Å². The van der Waals surface area contributed by atoms with Crippen molar-refractivity contribution < 1.29 is 27.6 Å². The van der Waals surface area contributed by atoms with Crippen LogP contribution in [0, 0.1) is 11.6 Å². The van der Waals surface area contributed by atoms with Gasteiger partial charge in [0.05, 0.1) is 12.3 Å². The highest BCUT2D eigenvalue weighted by Gasteiger charge is 2.50. The van der Waals surface area contributed by atoms with E-state index in [9.17, 15) is 23.2 Å². The highest BCUT2D eigenvalue weighted by molar-refractivity contribution is 6.09. The van der Waals surface area contributed by atoms with Gasteiger partial charge in [-0.25, -0.2) is 13.6 Å². The second-order valence-corrected chi connectivity index (χ2v) is 6.38. The Balaban J connectivity index is 1.76. The molecule has 9 heteroatoms. The smallest absolute Gasteiger partial charge is 0.325 e. The number of urea groups is 1. The van der Waals surface area contributed by atoms with Crippen molar-refractivity contribution >= 4 is 17.8 Å². The van der Waals surface area contributed by atoms with E-state index in [0.717, 1.165) is 18.2 Å². The van der Waals surface area contributed by atoms with Crippen LogP contribution >= 0.6 is 0 Å². The first-order valence-electron chi connectivity index (χ1n) is 8.15. The van der Waals surface area contributed by atoms with Gasteiger partial charge in [-0.2, -0.15) is 0 Å². The molecule has 0 saturated carbocycles. The van der Waals surface area contributed by atoms with Gasteiger partial charge in [-0.05, 0) is 44.2 Å². The molecule has 0 bridgehead atoms. The first-order valence-corrected chi connectivity index (χ1v) is 8.15. The average Bonchev–Trinajstić information content (AvgIpc) is 3.21. The van der Waals surface area contributed by atoms with E-state index >= 15 is 0 Å². The van der Waals surface area contributed by atoms with Gasteiger partial charge < -0.3 is 15.1 Å². The van der Waals surface area contributed by atoms with Crippen LogP contribution in [0.3, 0.4) is 0 Å². The molecule has 2 heterocycles. The van der Waals surface area contributed by atoms with Gasteiger partial charge in [-0.15, -0.1) is 0 Å². The van der Waals surface area contributed by atoms with Crippen molar-refractivity contribution in [3.05, 3.63) is 59.6 Å². The molecule has 1 aromatic carbocycles. The number of amides is 4. The van der Waals surface area contributed by atoms with Crippen LogP contribution in [-0.4, -0.2) is 29.3 Å². The van der Waals surface area contributed by atoms with E-state index in [1.807, 2.05) is 0 Å². The molecule has 142 valence electrons. The molecule has 0 spiro atoms. The summed E-state index contributed by atoms with van der Waals surface area (Å²) in [7, 11) is 0. The number of benzene rings is 1.